The average molecular weight is 497 g/mol. The van der Waals surface area contributed by atoms with E-state index >= 15 is 0 Å². The molecule has 1 saturated heterocycles. The predicted molar refractivity (Wildman–Crippen MR) is 148 cm³/mol. The number of hydrogen-bond donors (Lipinski definition) is 4. The number of nitrogens with zero attached hydrogens (tertiary/aromatic N) is 2. The van der Waals surface area contributed by atoms with E-state index in [1.165, 1.54) is 6.08 Å². The molecule has 2 heterocycles. The quantitative estimate of drug-likeness (QED) is 0.240. The van der Waals surface area contributed by atoms with Crippen molar-refractivity contribution in [1.29, 1.82) is 0 Å². The fraction of sp³-hybridized carbons (Fsp3) is 0.207. The number of amides is 1. The number of benzene rings is 3. The Morgan fingerprint density at radius 1 is 1.08 bits per heavy atom. The number of piperidine rings is 1. The van der Waals surface area contributed by atoms with Gasteiger partial charge in [-0.1, -0.05) is 36.9 Å². The van der Waals surface area contributed by atoms with Gasteiger partial charge in [0.05, 0.1) is 12.2 Å². The molecule has 0 spiro atoms. The molecular weight excluding hydrogens is 467 g/mol. The molecule has 0 radical (unpaired) electrons. The van der Waals surface area contributed by atoms with Gasteiger partial charge in [0, 0.05) is 52.7 Å². The molecule has 1 aliphatic heterocycles. The Balaban J connectivity index is 1.35. The van der Waals surface area contributed by atoms with Gasteiger partial charge in [-0.15, -0.1) is 0 Å². The summed E-state index contributed by atoms with van der Waals surface area (Å²) in [4.78, 5) is 21.0. The molecule has 0 saturated carbocycles. The van der Waals surface area contributed by atoms with Gasteiger partial charge in [0.15, 0.2) is 0 Å². The van der Waals surface area contributed by atoms with Gasteiger partial charge in [-0.05, 0) is 61.0 Å². The van der Waals surface area contributed by atoms with Crippen molar-refractivity contribution in [3.05, 3.63) is 85.6 Å². The number of nitrogens with one attached hydrogen (secondary N) is 4. The molecule has 0 unspecified atom stereocenters. The van der Waals surface area contributed by atoms with Gasteiger partial charge in [0.2, 0.25) is 11.9 Å². The van der Waals surface area contributed by atoms with Gasteiger partial charge in [-0.3, -0.25) is 9.18 Å². The van der Waals surface area contributed by atoms with E-state index in [0.29, 0.717) is 18.2 Å². The first-order valence-corrected chi connectivity index (χ1v) is 12.3. The fourth-order valence-corrected chi connectivity index (χ4v) is 4.57. The Kier molecular flexibility index (Phi) is 7.37. The number of halogens is 1. The number of carbonyl (C=O) groups excluding carboxylic acids is 1. The highest BCUT2D eigenvalue weighted by Gasteiger charge is 2.24. The lowest BCUT2D eigenvalue weighted by Crippen LogP contribution is -2.44. The molecule has 3 aromatic carbocycles. The summed E-state index contributed by atoms with van der Waals surface area (Å²) >= 11 is 0. The molecule has 2 atom stereocenters. The highest BCUT2D eigenvalue weighted by Crippen LogP contribution is 2.30. The maximum Gasteiger partial charge on any atom is 0.247 e. The fourth-order valence-electron chi connectivity index (χ4n) is 4.57. The number of carbonyl (C=O) groups is 1. The zero-order valence-corrected chi connectivity index (χ0v) is 20.4. The number of aromatic nitrogens is 2. The van der Waals surface area contributed by atoms with Crippen LogP contribution in [0.15, 0.2) is 85.6 Å². The number of rotatable bonds is 8. The first kappa shape index (κ1) is 24.4. The van der Waals surface area contributed by atoms with E-state index < -0.39 is 0 Å². The number of para-hydroxylation sites is 1. The Hall–Kier alpha value is -4.30. The number of anilines is 4. The minimum Gasteiger partial charge on any atom is -0.382 e. The summed E-state index contributed by atoms with van der Waals surface area (Å²) in [5.74, 6) is 0.196. The molecule has 37 heavy (non-hydrogen) atoms. The summed E-state index contributed by atoms with van der Waals surface area (Å²) < 4.78 is 13.3. The van der Waals surface area contributed by atoms with Crippen molar-refractivity contribution < 1.29 is 9.18 Å². The van der Waals surface area contributed by atoms with Crippen LogP contribution in [0.25, 0.3) is 22.0 Å². The van der Waals surface area contributed by atoms with Gasteiger partial charge in [-0.2, -0.15) is 0 Å². The van der Waals surface area contributed by atoms with Crippen molar-refractivity contribution in [3.63, 3.8) is 0 Å². The third-order valence-electron chi connectivity index (χ3n) is 6.54. The lowest BCUT2D eigenvalue weighted by atomic mass is 9.94. The minimum absolute atomic E-state index is 0.0225. The van der Waals surface area contributed by atoms with E-state index in [0.717, 1.165) is 46.4 Å². The van der Waals surface area contributed by atoms with E-state index in [1.807, 2.05) is 66.7 Å². The summed E-state index contributed by atoms with van der Waals surface area (Å²) in [6.07, 6.45) is 3.93. The summed E-state index contributed by atoms with van der Waals surface area (Å²) in [6, 6.07) is 21.5. The van der Waals surface area contributed by atoms with Crippen molar-refractivity contribution in [3.8, 4) is 11.1 Å². The average Bonchev–Trinajstić information content (AvgIpc) is 2.94. The summed E-state index contributed by atoms with van der Waals surface area (Å²) in [7, 11) is 0. The van der Waals surface area contributed by atoms with E-state index in [4.69, 9.17) is 4.98 Å². The lowest BCUT2D eigenvalue weighted by Gasteiger charge is -2.31. The standard InChI is InChI=1S/C29H29FN6O/c1-2-27(37)34-24-7-3-5-19(15-24)25-8-4-6-20-18-32-29(36-28(20)25)35-23-11-9-22(10-12-23)33-26-13-14-31-17-21(26)16-30/h2-12,15,18,21,26,31,33H,1,13-14,16-17H2,(H,34,37)(H,32,35,36)/t21-,26-/m1/s1. The SMILES string of the molecule is C=CC(=O)Nc1cccc(-c2cccc3cnc(Nc4ccc(N[C@@H]5CCNC[C@H]5CF)cc4)nc23)c1. The Bertz CT molecular complexity index is 1410. The molecular formula is C29H29FN6O. The van der Waals surface area contributed by atoms with E-state index in [9.17, 15) is 9.18 Å². The van der Waals surface area contributed by atoms with Crippen molar-refractivity contribution in [2.45, 2.75) is 12.5 Å². The smallest absolute Gasteiger partial charge is 0.247 e. The van der Waals surface area contributed by atoms with Gasteiger partial charge < -0.3 is 21.3 Å². The number of alkyl halides is 1. The maximum absolute atomic E-state index is 13.3. The van der Waals surface area contributed by atoms with Gasteiger partial charge in [0.25, 0.3) is 0 Å². The Morgan fingerprint density at radius 2 is 1.89 bits per heavy atom. The predicted octanol–water partition coefficient (Wildman–Crippen LogP) is 5.52. The molecule has 8 heteroatoms. The molecule has 4 N–H and O–H groups in total. The van der Waals surface area contributed by atoms with Crippen LogP contribution in [0.1, 0.15) is 6.42 Å². The summed E-state index contributed by atoms with van der Waals surface area (Å²) in [5.41, 5.74) is 5.15. The van der Waals surface area contributed by atoms with E-state index in [2.05, 4.69) is 32.8 Å². The van der Waals surface area contributed by atoms with Crippen LogP contribution in [0, 0.1) is 5.92 Å². The van der Waals surface area contributed by atoms with Crippen molar-refractivity contribution in [1.82, 2.24) is 15.3 Å². The zero-order valence-electron chi connectivity index (χ0n) is 20.4. The summed E-state index contributed by atoms with van der Waals surface area (Å²) in [5, 5.41) is 13.7. The highest BCUT2D eigenvalue weighted by atomic mass is 19.1. The van der Waals surface area contributed by atoms with Crippen LogP contribution in [0.5, 0.6) is 0 Å². The topological polar surface area (TPSA) is 91.0 Å². The second-order valence-electron chi connectivity index (χ2n) is 9.07. The van der Waals surface area contributed by atoms with Crippen LogP contribution in [-0.4, -0.2) is 41.7 Å². The summed E-state index contributed by atoms with van der Waals surface area (Å²) in [6.45, 7) is 4.76. The minimum atomic E-state index is -0.334. The third-order valence-corrected chi connectivity index (χ3v) is 6.54. The molecule has 1 fully saturated rings. The van der Waals surface area contributed by atoms with Crippen LogP contribution >= 0.6 is 0 Å². The molecule has 0 aliphatic carbocycles. The largest absolute Gasteiger partial charge is 0.382 e. The number of fused-ring (bicyclic) bond motifs is 1. The first-order valence-electron chi connectivity index (χ1n) is 12.3. The lowest BCUT2D eigenvalue weighted by molar-refractivity contribution is -0.111. The molecule has 4 aromatic rings. The van der Waals surface area contributed by atoms with E-state index in [1.54, 1.807) is 6.20 Å². The third kappa shape index (κ3) is 5.76. The molecule has 5 rings (SSSR count). The molecule has 188 valence electrons. The van der Waals surface area contributed by atoms with Gasteiger partial charge in [0.1, 0.15) is 0 Å². The van der Waals surface area contributed by atoms with Crippen LogP contribution < -0.4 is 21.3 Å². The van der Waals surface area contributed by atoms with Crippen LogP contribution in [-0.2, 0) is 4.79 Å². The normalized spacial score (nSPS) is 17.2. The number of hydrogen-bond acceptors (Lipinski definition) is 6. The second-order valence-corrected chi connectivity index (χ2v) is 9.07. The van der Waals surface area contributed by atoms with Gasteiger partial charge >= 0.3 is 0 Å². The van der Waals surface area contributed by atoms with Crippen LogP contribution in [0.2, 0.25) is 0 Å². The molecule has 7 nitrogen and oxygen atoms in total. The highest BCUT2D eigenvalue weighted by molar-refractivity contribution is 6.00. The molecule has 1 aromatic heterocycles. The van der Waals surface area contributed by atoms with Crippen molar-refractivity contribution in [2.24, 2.45) is 5.92 Å². The first-order chi connectivity index (χ1) is 18.1. The van der Waals surface area contributed by atoms with E-state index in [-0.39, 0.29) is 24.5 Å². The van der Waals surface area contributed by atoms with Crippen LogP contribution in [0.3, 0.4) is 0 Å². The second kappa shape index (κ2) is 11.2. The molecule has 1 aliphatic rings. The van der Waals surface area contributed by atoms with Crippen LogP contribution in [0.4, 0.5) is 27.4 Å². The Morgan fingerprint density at radius 3 is 2.70 bits per heavy atom. The Labute approximate surface area is 215 Å². The maximum atomic E-state index is 13.3. The zero-order chi connectivity index (χ0) is 25.6. The van der Waals surface area contributed by atoms with Gasteiger partial charge in [-0.25, -0.2) is 9.97 Å². The monoisotopic (exact) mass is 496 g/mol. The molecule has 0 bridgehead atoms. The van der Waals surface area contributed by atoms with Crippen molar-refractivity contribution >= 4 is 39.8 Å². The van der Waals surface area contributed by atoms with Crippen molar-refractivity contribution in [2.75, 3.05) is 35.7 Å². The molecule has 1 amide bonds.